The minimum atomic E-state index is -0.514. The summed E-state index contributed by atoms with van der Waals surface area (Å²) >= 11 is 0. The Hall–Kier alpha value is -2.35. The van der Waals surface area contributed by atoms with Crippen LogP contribution in [-0.4, -0.2) is 54.6 Å². The molecule has 3 aliphatic rings. The van der Waals surface area contributed by atoms with Crippen LogP contribution in [0.5, 0.6) is 11.5 Å². The lowest BCUT2D eigenvalue weighted by atomic mass is 9.68. The third-order valence-corrected chi connectivity index (χ3v) is 7.43. The van der Waals surface area contributed by atoms with Gasteiger partial charge < -0.3 is 14.8 Å². The van der Waals surface area contributed by atoms with Gasteiger partial charge in [-0.3, -0.25) is 19.8 Å². The van der Waals surface area contributed by atoms with Gasteiger partial charge in [0.2, 0.25) is 5.75 Å². The molecular weight excluding hydrogens is 410 g/mol. The van der Waals surface area contributed by atoms with Gasteiger partial charge in [-0.05, 0) is 50.4 Å². The molecule has 4 rings (SSSR count). The van der Waals surface area contributed by atoms with Crippen molar-refractivity contribution in [2.75, 3.05) is 26.8 Å². The average Bonchev–Trinajstić information content (AvgIpc) is 3.24. The molecule has 1 atom stereocenters. The molecule has 2 saturated carbocycles. The third-order valence-electron chi connectivity index (χ3n) is 7.43. The van der Waals surface area contributed by atoms with Gasteiger partial charge >= 0.3 is 5.69 Å². The number of fused-ring (bicyclic) bond motifs is 2. The predicted octanol–water partition coefficient (Wildman–Crippen LogP) is 4.17. The van der Waals surface area contributed by atoms with Gasteiger partial charge in [0.15, 0.2) is 0 Å². The van der Waals surface area contributed by atoms with E-state index in [0.717, 1.165) is 37.8 Å². The Morgan fingerprint density at radius 3 is 2.44 bits per heavy atom. The number of hydrogen-bond acceptors (Lipinski definition) is 6. The number of nitro groups is 1. The molecule has 0 aromatic heterocycles. The van der Waals surface area contributed by atoms with Gasteiger partial charge in [0.25, 0.3) is 5.91 Å². The molecule has 1 aromatic carbocycles. The first-order valence-corrected chi connectivity index (χ1v) is 12.1. The highest BCUT2D eigenvalue weighted by molar-refractivity contribution is 5.98. The highest BCUT2D eigenvalue weighted by Gasteiger charge is 2.42. The lowest BCUT2D eigenvalue weighted by molar-refractivity contribution is -0.385. The summed E-state index contributed by atoms with van der Waals surface area (Å²) in [5.41, 5.74) is -0.0384. The third kappa shape index (κ3) is 4.70. The first-order valence-electron chi connectivity index (χ1n) is 12.1. The fourth-order valence-electron chi connectivity index (χ4n) is 6.04. The number of benzene rings is 1. The van der Waals surface area contributed by atoms with E-state index in [1.165, 1.54) is 57.8 Å². The number of nitrogens with one attached hydrogen (secondary N) is 1. The molecule has 0 radical (unpaired) electrons. The van der Waals surface area contributed by atoms with Crippen LogP contribution in [0.3, 0.4) is 0 Å². The van der Waals surface area contributed by atoms with E-state index in [1.54, 1.807) is 0 Å². The van der Waals surface area contributed by atoms with Crippen molar-refractivity contribution >= 4 is 11.6 Å². The highest BCUT2D eigenvalue weighted by atomic mass is 16.6. The number of likely N-dealkylation sites (tertiary alicyclic amines) is 1. The molecule has 1 amide bonds. The van der Waals surface area contributed by atoms with E-state index in [9.17, 15) is 14.9 Å². The van der Waals surface area contributed by atoms with Crippen molar-refractivity contribution in [3.05, 3.63) is 27.8 Å². The number of hydrogen-bond donors (Lipinski definition) is 1. The second kappa shape index (κ2) is 10.1. The second-order valence-electron chi connectivity index (χ2n) is 9.45. The molecule has 2 aliphatic carbocycles. The number of nitro benzene ring substituents is 1. The molecule has 1 aliphatic heterocycles. The van der Waals surface area contributed by atoms with Gasteiger partial charge in [0.1, 0.15) is 5.75 Å². The van der Waals surface area contributed by atoms with Crippen LogP contribution < -0.4 is 14.8 Å². The lowest BCUT2D eigenvalue weighted by Crippen LogP contribution is -2.50. The van der Waals surface area contributed by atoms with Crippen LogP contribution in [0.15, 0.2) is 12.1 Å². The fraction of sp³-hybridized carbons (Fsp3) is 0.708. The van der Waals surface area contributed by atoms with Gasteiger partial charge in [-0.2, -0.15) is 0 Å². The van der Waals surface area contributed by atoms with Crippen molar-refractivity contribution in [3.8, 4) is 11.5 Å². The molecule has 32 heavy (non-hydrogen) atoms. The van der Waals surface area contributed by atoms with E-state index in [2.05, 4.69) is 10.2 Å². The van der Waals surface area contributed by atoms with Crippen LogP contribution in [0.1, 0.15) is 68.6 Å². The van der Waals surface area contributed by atoms with Gasteiger partial charge in [0.05, 0.1) is 24.2 Å². The van der Waals surface area contributed by atoms with Crippen molar-refractivity contribution in [2.45, 2.75) is 70.4 Å². The van der Waals surface area contributed by atoms with E-state index < -0.39 is 4.92 Å². The Kier molecular flexibility index (Phi) is 7.18. The largest absolute Gasteiger partial charge is 0.496 e. The van der Waals surface area contributed by atoms with Crippen LogP contribution in [-0.2, 0) is 0 Å². The van der Waals surface area contributed by atoms with Crippen molar-refractivity contribution in [2.24, 2.45) is 11.8 Å². The number of amides is 1. The molecule has 2 bridgehead atoms. The van der Waals surface area contributed by atoms with E-state index >= 15 is 0 Å². The summed E-state index contributed by atoms with van der Waals surface area (Å²) in [6, 6.07) is 3.43. The smallest absolute Gasteiger partial charge is 0.312 e. The molecule has 1 N–H and O–H groups in total. The maximum absolute atomic E-state index is 13.1. The Balaban J connectivity index is 1.45. The quantitative estimate of drug-likeness (QED) is 0.477. The van der Waals surface area contributed by atoms with E-state index in [4.69, 9.17) is 9.47 Å². The van der Waals surface area contributed by atoms with Gasteiger partial charge in [-0.15, -0.1) is 0 Å². The standard InChI is InChI=1S/C24H35N3O5/c1-3-12-32-22-14-21(31-2)19(13-20(22)27(29)30)24(28)25-18-10-11-26(15-18)23-16-6-4-7-17(23)9-5-8-16/h13-14,16-18,23H,3-12,15H2,1-2H3,(H,25,28)/t16?,17?,18-,23?/m0/s1. The fourth-order valence-corrected chi connectivity index (χ4v) is 6.04. The summed E-state index contributed by atoms with van der Waals surface area (Å²) in [4.78, 5) is 26.7. The monoisotopic (exact) mass is 445 g/mol. The summed E-state index contributed by atoms with van der Waals surface area (Å²) in [7, 11) is 1.46. The molecule has 176 valence electrons. The topological polar surface area (TPSA) is 93.9 Å². The van der Waals surface area contributed by atoms with Crippen LogP contribution in [0.4, 0.5) is 5.69 Å². The van der Waals surface area contributed by atoms with Crippen LogP contribution in [0, 0.1) is 22.0 Å². The first kappa shape index (κ1) is 22.8. The number of carbonyl (C=O) groups excluding carboxylic acids is 1. The molecule has 1 heterocycles. The van der Waals surface area contributed by atoms with Crippen molar-refractivity contribution in [3.63, 3.8) is 0 Å². The maximum Gasteiger partial charge on any atom is 0.312 e. The molecule has 1 aromatic rings. The molecule has 8 nitrogen and oxygen atoms in total. The second-order valence-corrected chi connectivity index (χ2v) is 9.45. The Morgan fingerprint density at radius 2 is 1.84 bits per heavy atom. The van der Waals surface area contributed by atoms with Crippen molar-refractivity contribution in [1.29, 1.82) is 0 Å². The zero-order chi connectivity index (χ0) is 22.7. The van der Waals surface area contributed by atoms with E-state index in [0.29, 0.717) is 12.6 Å². The molecule has 8 heteroatoms. The minimum absolute atomic E-state index is 0.0462. The van der Waals surface area contributed by atoms with E-state index in [-0.39, 0.29) is 34.7 Å². The number of nitrogens with zero attached hydrogens (tertiary/aromatic N) is 2. The molecule has 0 unspecified atom stereocenters. The van der Waals surface area contributed by atoms with Crippen LogP contribution in [0.2, 0.25) is 0 Å². The van der Waals surface area contributed by atoms with Crippen molar-refractivity contribution < 1.29 is 19.2 Å². The molecule has 0 spiro atoms. The number of rotatable bonds is 8. The van der Waals surface area contributed by atoms with Crippen LogP contribution >= 0.6 is 0 Å². The Morgan fingerprint density at radius 1 is 1.16 bits per heavy atom. The SMILES string of the molecule is CCCOc1cc(OC)c(C(=O)N[C@H]2CCN(C3C4CCCC3CCC4)C2)cc1[N+](=O)[O-]. The Labute approximate surface area is 189 Å². The highest BCUT2D eigenvalue weighted by Crippen LogP contribution is 2.43. The lowest BCUT2D eigenvalue weighted by Gasteiger charge is -2.47. The maximum atomic E-state index is 13.1. The predicted molar refractivity (Wildman–Crippen MR) is 121 cm³/mol. The normalized spacial score (nSPS) is 27.7. The summed E-state index contributed by atoms with van der Waals surface area (Å²) in [5, 5.41) is 14.7. The van der Waals surface area contributed by atoms with Crippen molar-refractivity contribution in [1.82, 2.24) is 10.2 Å². The molecule has 1 saturated heterocycles. The number of carbonyl (C=O) groups is 1. The Bertz CT molecular complexity index is 823. The zero-order valence-corrected chi connectivity index (χ0v) is 19.2. The molecular formula is C24H35N3O5. The molecule has 3 fully saturated rings. The average molecular weight is 446 g/mol. The zero-order valence-electron chi connectivity index (χ0n) is 19.2. The first-order chi connectivity index (χ1) is 15.5. The van der Waals surface area contributed by atoms with Gasteiger partial charge in [0, 0.05) is 37.3 Å². The minimum Gasteiger partial charge on any atom is -0.496 e. The van der Waals surface area contributed by atoms with E-state index in [1.807, 2.05) is 6.92 Å². The summed E-state index contributed by atoms with van der Waals surface area (Å²) in [6.45, 7) is 4.14. The number of ether oxygens (including phenoxy) is 2. The summed E-state index contributed by atoms with van der Waals surface area (Å²) in [5.74, 6) is 1.69. The summed E-state index contributed by atoms with van der Waals surface area (Å²) < 4.78 is 10.9. The summed E-state index contributed by atoms with van der Waals surface area (Å²) in [6.07, 6.45) is 9.69. The van der Waals surface area contributed by atoms with Gasteiger partial charge in [-0.25, -0.2) is 0 Å². The van der Waals surface area contributed by atoms with Crippen LogP contribution in [0.25, 0.3) is 0 Å². The van der Waals surface area contributed by atoms with Gasteiger partial charge in [-0.1, -0.05) is 19.8 Å². The number of methoxy groups -OCH3 is 1.